The van der Waals surface area contributed by atoms with Gasteiger partial charge in [-0.25, -0.2) is 8.78 Å². The topological polar surface area (TPSA) is 123 Å². The number of hydrogen-bond donors (Lipinski definition) is 1. The Bertz CT molecular complexity index is 1470. The van der Waals surface area contributed by atoms with Crippen molar-refractivity contribution < 1.29 is 32.5 Å². The fraction of sp³-hybridized carbons (Fsp3) is 0.125. The summed E-state index contributed by atoms with van der Waals surface area (Å²) in [5.74, 6) is -2.87. The summed E-state index contributed by atoms with van der Waals surface area (Å²) in [5.41, 5.74) is 1.37. The molecule has 0 atom stereocenters. The number of halogens is 2. The number of nitro groups is 1. The summed E-state index contributed by atoms with van der Waals surface area (Å²) in [6.07, 6.45) is 1.32. The van der Waals surface area contributed by atoms with Gasteiger partial charge in [0.05, 0.1) is 15.5 Å². The molecular weight excluding hydrogens is 496 g/mol. The molecule has 4 rings (SSSR count). The maximum absolute atomic E-state index is 13.8. The highest BCUT2D eigenvalue weighted by molar-refractivity contribution is 8.18. The summed E-state index contributed by atoms with van der Waals surface area (Å²) >= 11 is 0.591. The van der Waals surface area contributed by atoms with Gasteiger partial charge >= 0.3 is 0 Å². The number of carbonyl (C=O) groups excluding carboxylic acids is 3. The predicted octanol–water partition coefficient (Wildman–Crippen LogP) is 5.42. The first-order valence-electron chi connectivity index (χ1n) is 10.4. The zero-order chi connectivity index (χ0) is 26.1. The first-order valence-corrected chi connectivity index (χ1v) is 11.2. The van der Waals surface area contributed by atoms with Crippen molar-refractivity contribution in [1.82, 2.24) is 4.90 Å². The molecule has 3 aromatic rings. The van der Waals surface area contributed by atoms with Crippen molar-refractivity contribution >= 4 is 46.3 Å². The number of thioether (sulfide) groups is 1. The number of rotatable bonds is 6. The zero-order valence-electron chi connectivity index (χ0n) is 18.8. The van der Waals surface area contributed by atoms with Gasteiger partial charge in [0.2, 0.25) is 5.91 Å². The minimum absolute atomic E-state index is 0.00673. The van der Waals surface area contributed by atoms with Crippen LogP contribution < -0.4 is 5.32 Å². The van der Waals surface area contributed by atoms with Gasteiger partial charge in [-0.1, -0.05) is 0 Å². The summed E-state index contributed by atoms with van der Waals surface area (Å²) in [4.78, 5) is 48.8. The fourth-order valence-electron chi connectivity index (χ4n) is 3.45. The quantitative estimate of drug-likeness (QED) is 0.265. The van der Waals surface area contributed by atoms with Crippen molar-refractivity contribution in [2.75, 3.05) is 11.9 Å². The lowest BCUT2D eigenvalue weighted by Gasteiger charge is -2.12. The molecule has 184 valence electrons. The molecule has 1 aromatic heterocycles. The highest BCUT2D eigenvalue weighted by Crippen LogP contribution is 2.35. The molecule has 0 aliphatic carbocycles. The average Bonchev–Trinajstić information content (AvgIpc) is 3.37. The Labute approximate surface area is 206 Å². The van der Waals surface area contributed by atoms with Crippen LogP contribution in [0.4, 0.5) is 25.0 Å². The number of aryl methyl sites for hydroxylation is 1. The van der Waals surface area contributed by atoms with E-state index >= 15 is 0 Å². The van der Waals surface area contributed by atoms with Crippen molar-refractivity contribution in [3.8, 4) is 11.3 Å². The van der Waals surface area contributed by atoms with E-state index in [1.165, 1.54) is 18.2 Å². The molecule has 0 saturated carbocycles. The molecule has 0 spiro atoms. The van der Waals surface area contributed by atoms with Crippen molar-refractivity contribution in [3.05, 3.63) is 86.0 Å². The van der Waals surface area contributed by atoms with Crippen LogP contribution in [0.3, 0.4) is 0 Å². The summed E-state index contributed by atoms with van der Waals surface area (Å²) in [6.45, 7) is 2.72. The number of hydrogen-bond acceptors (Lipinski definition) is 7. The minimum atomic E-state index is -1.000. The lowest BCUT2D eigenvalue weighted by molar-refractivity contribution is -0.385. The molecule has 1 N–H and O–H groups in total. The third-order valence-electron chi connectivity index (χ3n) is 5.40. The third-order valence-corrected chi connectivity index (χ3v) is 6.31. The first kappa shape index (κ1) is 24.8. The molecule has 1 fully saturated rings. The van der Waals surface area contributed by atoms with Gasteiger partial charge in [0.1, 0.15) is 29.7 Å². The molecule has 1 aliphatic rings. The number of imide groups is 1. The SMILES string of the molecule is Cc1cc(-c2ccc(/C=C3/SC(=O)N(CC(=O)Nc4ccc(F)cc4F)C3=O)o2)cc([N+](=O)[O-])c1C. The molecule has 36 heavy (non-hydrogen) atoms. The second-order valence-electron chi connectivity index (χ2n) is 7.84. The number of nitrogens with one attached hydrogen (secondary N) is 1. The molecule has 0 unspecified atom stereocenters. The predicted molar refractivity (Wildman–Crippen MR) is 128 cm³/mol. The van der Waals surface area contributed by atoms with Crippen LogP contribution in [-0.2, 0) is 9.59 Å². The van der Waals surface area contributed by atoms with Gasteiger partial charge < -0.3 is 9.73 Å². The number of nitro benzene ring substituents is 1. The van der Waals surface area contributed by atoms with Gasteiger partial charge in [0.25, 0.3) is 16.8 Å². The van der Waals surface area contributed by atoms with Crippen LogP contribution in [0.25, 0.3) is 17.4 Å². The van der Waals surface area contributed by atoms with E-state index in [0.29, 0.717) is 45.2 Å². The average molecular weight is 513 g/mol. The molecule has 1 aliphatic heterocycles. The molecule has 0 bridgehead atoms. The minimum Gasteiger partial charge on any atom is -0.457 e. The molecule has 9 nitrogen and oxygen atoms in total. The Balaban J connectivity index is 1.49. The van der Waals surface area contributed by atoms with Crippen molar-refractivity contribution in [1.29, 1.82) is 0 Å². The molecule has 2 heterocycles. The van der Waals surface area contributed by atoms with Crippen LogP contribution in [0.5, 0.6) is 0 Å². The Hall–Kier alpha value is -4.32. The fourth-order valence-corrected chi connectivity index (χ4v) is 4.27. The number of benzene rings is 2. The number of carbonyl (C=O) groups is 3. The number of furan rings is 1. The Morgan fingerprint density at radius 2 is 1.92 bits per heavy atom. The van der Waals surface area contributed by atoms with E-state index in [2.05, 4.69) is 5.32 Å². The van der Waals surface area contributed by atoms with Gasteiger partial charge in [-0.05, 0) is 61.5 Å². The van der Waals surface area contributed by atoms with Gasteiger partial charge in [-0.3, -0.25) is 29.4 Å². The molecule has 1 saturated heterocycles. The number of anilines is 1. The standard InChI is InChI=1S/C24H17F2N3O6S/c1-12-7-14(8-19(13(12)2)29(33)34)20-6-4-16(35-20)10-21-23(31)28(24(32)36-21)11-22(30)27-18-5-3-15(25)9-17(18)26/h3-10H,11H2,1-2H3,(H,27,30)/b21-10+. The molecule has 12 heteroatoms. The van der Waals surface area contributed by atoms with Gasteiger partial charge in [-0.2, -0.15) is 0 Å². The van der Waals surface area contributed by atoms with Gasteiger partial charge in [-0.15, -0.1) is 0 Å². The van der Waals surface area contributed by atoms with E-state index < -0.39 is 40.2 Å². The van der Waals surface area contributed by atoms with Crippen LogP contribution in [-0.4, -0.2) is 33.4 Å². The van der Waals surface area contributed by atoms with Gasteiger partial charge in [0, 0.05) is 29.3 Å². The van der Waals surface area contributed by atoms with Crippen molar-refractivity contribution in [2.24, 2.45) is 0 Å². The first-order chi connectivity index (χ1) is 17.0. The number of nitrogens with zero attached hydrogens (tertiary/aromatic N) is 2. The Kier molecular flexibility index (Phi) is 6.71. The highest BCUT2D eigenvalue weighted by Gasteiger charge is 2.36. The second-order valence-corrected chi connectivity index (χ2v) is 8.83. The number of amides is 3. The van der Waals surface area contributed by atoms with Gasteiger partial charge in [0.15, 0.2) is 0 Å². The zero-order valence-corrected chi connectivity index (χ0v) is 19.7. The third kappa shape index (κ3) is 5.03. The van der Waals surface area contributed by atoms with Crippen LogP contribution in [0.15, 0.2) is 51.8 Å². The second kappa shape index (κ2) is 9.74. The van der Waals surface area contributed by atoms with E-state index in [9.17, 15) is 33.3 Å². The normalized spacial score (nSPS) is 14.6. The van der Waals surface area contributed by atoms with Crippen LogP contribution in [0, 0.1) is 35.6 Å². The van der Waals surface area contributed by atoms with E-state index in [-0.39, 0.29) is 22.0 Å². The molecule has 0 radical (unpaired) electrons. The molecule has 3 amide bonds. The van der Waals surface area contributed by atoms with E-state index in [1.807, 2.05) is 0 Å². The van der Waals surface area contributed by atoms with Crippen LogP contribution in [0.1, 0.15) is 16.9 Å². The lowest BCUT2D eigenvalue weighted by atomic mass is 10.0. The maximum Gasteiger partial charge on any atom is 0.294 e. The van der Waals surface area contributed by atoms with E-state index in [4.69, 9.17) is 4.42 Å². The van der Waals surface area contributed by atoms with Crippen LogP contribution in [0.2, 0.25) is 0 Å². The molecular formula is C24H17F2N3O6S. The largest absolute Gasteiger partial charge is 0.457 e. The Morgan fingerprint density at radius 1 is 1.17 bits per heavy atom. The van der Waals surface area contributed by atoms with Crippen molar-refractivity contribution in [3.63, 3.8) is 0 Å². The monoisotopic (exact) mass is 513 g/mol. The summed E-state index contributed by atoms with van der Waals surface area (Å²) in [5, 5.41) is 12.8. The lowest BCUT2D eigenvalue weighted by Crippen LogP contribution is -2.36. The van der Waals surface area contributed by atoms with E-state index in [1.54, 1.807) is 26.0 Å². The maximum atomic E-state index is 13.8. The summed E-state index contributed by atoms with van der Waals surface area (Å²) in [7, 11) is 0. The van der Waals surface area contributed by atoms with E-state index in [0.717, 1.165) is 12.1 Å². The molecule has 2 aromatic carbocycles. The summed E-state index contributed by atoms with van der Waals surface area (Å²) in [6, 6.07) is 8.81. The summed E-state index contributed by atoms with van der Waals surface area (Å²) < 4.78 is 32.5. The highest BCUT2D eigenvalue weighted by atomic mass is 32.2. The smallest absolute Gasteiger partial charge is 0.294 e. The van der Waals surface area contributed by atoms with Crippen molar-refractivity contribution in [2.45, 2.75) is 13.8 Å². The van der Waals surface area contributed by atoms with Crippen LogP contribution >= 0.6 is 11.8 Å². The Morgan fingerprint density at radius 3 is 2.61 bits per heavy atom.